The highest BCUT2D eigenvalue weighted by molar-refractivity contribution is 5.68. The minimum absolute atomic E-state index is 0.220. The number of rotatable bonds is 3. The Balaban J connectivity index is 1.99. The van der Waals surface area contributed by atoms with E-state index in [-0.39, 0.29) is 6.09 Å². The Labute approximate surface area is 94.8 Å². The second kappa shape index (κ2) is 4.88. The van der Waals surface area contributed by atoms with E-state index in [2.05, 4.69) is 0 Å². The SMILES string of the molecule is COc1ccc(CN2CCCOC2=O)cc1. The fourth-order valence-corrected chi connectivity index (χ4v) is 1.69. The summed E-state index contributed by atoms with van der Waals surface area (Å²) in [5.74, 6) is 0.824. The molecule has 1 aliphatic rings. The van der Waals surface area contributed by atoms with Crippen LogP contribution in [0.3, 0.4) is 0 Å². The van der Waals surface area contributed by atoms with Crippen molar-refractivity contribution in [2.75, 3.05) is 20.3 Å². The van der Waals surface area contributed by atoms with Gasteiger partial charge >= 0.3 is 6.09 Å². The fourth-order valence-electron chi connectivity index (χ4n) is 1.69. The van der Waals surface area contributed by atoms with Gasteiger partial charge in [-0.05, 0) is 24.1 Å². The molecule has 4 nitrogen and oxygen atoms in total. The van der Waals surface area contributed by atoms with Crippen LogP contribution in [0, 0.1) is 0 Å². The Morgan fingerprint density at radius 2 is 2.12 bits per heavy atom. The molecule has 16 heavy (non-hydrogen) atoms. The van der Waals surface area contributed by atoms with Gasteiger partial charge in [0.2, 0.25) is 0 Å². The van der Waals surface area contributed by atoms with Crippen LogP contribution in [0.25, 0.3) is 0 Å². The van der Waals surface area contributed by atoms with E-state index in [0.717, 1.165) is 24.3 Å². The van der Waals surface area contributed by atoms with Gasteiger partial charge in [0.25, 0.3) is 0 Å². The van der Waals surface area contributed by atoms with Crippen LogP contribution in [0.4, 0.5) is 4.79 Å². The average molecular weight is 221 g/mol. The molecule has 0 radical (unpaired) electrons. The third-order valence-corrected chi connectivity index (χ3v) is 2.59. The Morgan fingerprint density at radius 1 is 1.38 bits per heavy atom. The molecule has 1 saturated heterocycles. The molecule has 86 valence electrons. The van der Waals surface area contributed by atoms with Gasteiger partial charge in [0.1, 0.15) is 5.75 Å². The van der Waals surface area contributed by atoms with E-state index in [1.807, 2.05) is 24.3 Å². The van der Waals surface area contributed by atoms with Gasteiger partial charge in [-0.2, -0.15) is 0 Å². The molecule has 0 spiro atoms. The first-order chi connectivity index (χ1) is 7.79. The number of carbonyl (C=O) groups excluding carboxylic acids is 1. The molecule has 1 aliphatic heterocycles. The number of cyclic esters (lactones) is 1. The largest absolute Gasteiger partial charge is 0.497 e. The number of hydrogen-bond donors (Lipinski definition) is 0. The molecule has 0 aliphatic carbocycles. The van der Waals surface area contributed by atoms with Gasteiger partial charge in [-0.25, -0.2) is 4.79 Å². The van der Waals surface area contributed by atoms with Crippen LogP contribution in [0.1, 0.15) is 12.0 Å². The number of benzene rings is 1. The highest BCUT2D eigenvalue weighted by Crippen LogP contribution is 2.15. The normalized spacial score (nSPS) is 15.8. The molecule has 2 rings (SSSR count). The van der Waals surface area contributed by atoms with Crippen LogP contribution in [0.5, 0.6) is 5.75 Å². The highest BCUT2D eigenvalue weighted by Gasteiger charge is 2.19. The lowest BCUT2D eigenvalue weighted by Gasteiger charge is -2.26. The molecule has 0 atom stereocenters. The van der Waals surface area contributed by atoms with Crippen LogP contribution in [-0.4, -0.2) is 31.3 Å². The summed E-state index contributed by atoms with van der Waals surface area (Å²) in [5.41, 5.74) is 1.08. The third kappa shape index (κ3) is 2.45. The summed E-state index contributed by atoms with van der Waals surface area (Å²) in [5, 5.41) is 0. The second-order valence-corrected chi connectivity index (χ2v) is 3.74. The van der Waals surface area contributed by atoms with Crippen molar-refractivity contribution in [1.29, 1.82) is 0 Å². The van der Waals surface area contributed by atoms with Crippen molar-refractivity contribution < 1.29 is 14.3 Å². The third-order valence-electron chi connectivity index (χ3n) is 2.59. The summed E-state index contributed by atoms with van der Waals surface area (Å²) in [6.07, 6.45) is 0.684. The van der Waals surface area contributed by atoms with E-state index in [0.29, 0.717) is 13.2 Å². The van der Waals surface area contributed by atoms with Gasteiger partial charge in [-0.15, -0.1) is 0 Å². The molecule has 1 heterocycles. The van der Waals surface area contributed by atoms with Crippen molar-refractivity contribution in [1.82, 2.24) is 4.90 Å². The Bertz CT molecular complexity index is 361. The maximum Gasteiger partial charge on any atom is 0.410 e. The van der Waals surface area contributed by atoms with Crippen molar-refractivity contribution in [2.45, 2.75) is 13.0 Å². The average Bonchev–Trinajstić information content (AvgIpc) is 2.33. The molecule has 1 fully saturated rings. The molecular weight excluding hydrogens is 206 g/mol. The van der Waals surface area contributed by atoms with E-state index in [4.69, 9.17) is 9.47 Å². The lowest BCUT2D eigenvalue weighted by molar-refractivity contribution is 0.0700. The number of ether oxygens (including phenoxy) is 2. The fraction of sp³-hybridized carbons (Fsp3) is 0.417. The second-order valence-electron chi connectivity index (χ2n) is 3.74. The standard InChI is InChI=1S/C12H15NO3/c1-15-11-5-3-10(4-6-11)9-13-7-2-8-16-12(13)14/h3-6H,2,7-9H2,1H3. The summed E-state index contributed by atoms with van der Waals surface area (Å²) in [6, 6.07) is 7.71. The van der Waals surface area contributed by atoms with Crippen LogP contribution in [0.15, 0.2) is 24.3 Å². The number of nitrogens with zero attached hydrogens (tertiary/aromatic N) is 1. The first kappa shape index (κ1) is 10.8. The lowest BCUT2D eigenvalue weighted by Crippen LogP contribution is -2.36. The Morgan fingerprint density at radius 3 is 2.75 bits per heavy atom. The van der Waals surface area contributed by atoms with Crippen molar-refractivity contribution in [3.63, 3.8) is 0 Å². The van der Waals surface area contributed by atoms with Crippen LogP contribution >= 0.6 is 0 Å². The number of carbonyl (C=O) groups is 1. The molecule has 0 aromatic heterocycles. The zero-order valence-corrected chi connectivity index (χ0v) is 9.31. The number of hydrogen-bond acceptors (Lipinski definition) is 3. The van der Waals surface area contributed by atoms with Crippen LogP contribution < -0.4 is 4.74 Å². The Hall–Kier alpha value is -1.71. The van der Waals surface area contributed by atoms with Gasteiger partial charge in [0.15, 0.2) is 0 Å². The smallest absolute Gasteiger partial charge is 0.410 e. The predicted octanol–water partition coefficient (Wildman–Crippen LogP) is 2.04. The zero-order valence-electron chi connectivity index (χ0n) is 9.31. The summed E-state index contributed by atoms with van der Waals surface area (Å²) >= 11 is 0. The van der Waals surface area contributed by atoms with Gasteiger partial charge in [-0.3, -0.25) is 0 Å². The Kier molecular flexibility index (Phi) is 3.29. The number of methoxy groups -OCH3 is 1. The van der Waals surface area contributed by atoms with E-state index < -0.39 is 0 Å². The van der Waals surface area contributed by atoms with Crippen LogP contribution in [0.2, 0.25) is 0 Å². The highest BCUT2D eigenvalue weighted by atomic mass is 16.6. The molecule has 0 unspecified atom stereocenters. The monoisotopic (exact) mass is 221 g/mol. The quantitative estimate of drug-likeness (QED) is 0.784. The van der Waals surface area contributed by atoms with E-state index in [9.17, 15) is 4.79 Å². The first-order valence-corrected chi connectivity index (χ1v) is 5.34. The molecule has 1 aromatic carbocycles. The maximum absolute atomic E-state index is 11.4. The molecular formula is C12H15NO3. The van der Waals surface area contributed by atoms with Crippen molar-refractivity contribution in [3.8, 4) is 5.75 Å². The summed E-state index contributed by atoms with van der Waals surface area (Å²) in [4.78, 5) is 13.1. The summed E-state index contributed by atoms with van der Waals surface area (Å²) in [6.45, 7) is 1.91. The first-order valence-electron chi connectivity index (χ1n) is 5.34. The minimum Gasteiger partial charge on any atom is -0.497 e. The van der Waals surface area contributed by atoms with Gasteiger partial charge in [0, 0.05) is 13.1 Å². The van der Waals surface area contributed by atoms with Crippen molar-refractivity contribution in [2.24, 2.45) is 0 Å². The minimum atomic E-state index is -0.220. The zero-order chi connectivity index (χ0) is 11.4. The van der Waals surface area contributed by atoms with Crippen molar-refractivity contribution >= 4 is 6.09 Å². The van der Waals surface area contributed by atoms with Gasteiger partial charge in [-0.1, -0.05) is 12.1 Å². The topological polar surface area (TPSA) is 38.8 Å². The molecule has 0 saturated carbocycles. The maximum atomic E-state index is 11.4. The molecule has 0 bridgehead atoms. The van der Waals surface area contributed by atoms with Crippen LogP contribution in [-0.2, 0) is 11.3 Å². The predicted molar refractivity (Wildman–Crippen MR) is 59.4 cm³/mol. The van der Waals surface area contributed by atoms with E-state index in [1.54, 1.807) is 12.0 Å². The van der Waals surface area contributed by atoms with Gasteiger partial charge < -0.3 is 14.4 Å². The van der Waals surface area contributed by atoms with Gasteiger partial charge in [0.05, 0.1) is 13.7 Å². The molecule has 1 aromatic rings. The van der Waals surface area contributed by atoms with E-state index in [1.165, 1.54) is 0 Å². The number of amides is 1. The van der Waals surface area contributed by atoms with E-state index >= 15 is 0 Å². The molecule has 0 N–H and O–H groups in total. The molecule has 1 amide bonds. The summed E-state index contributed by atoms with van der Waals surface area (Å²) in [7, 11) is 1.64. The lowest BCUT2D eigenvalue weighted by atomic mass is 10.2. The molecule has 4 heteroatoms. The van der Waals surface area contributed by atoms with Crippen molar-refractivity contribution in [3.05, 3.63) is 29.8 Å². The summed E-state index contributed by atoms with van der Waals surface area (Å²) < 4.78 is 10.0.